The van der Waals surface area contributed by atoms with Crippen molar-refractivity contribution in [1.29, 1.82) is 0 Å². The molecule has 0 fully saturated rings. The number of hydrogen-bond donors (Lipinski definition) is 1. The molecule has 1 aliphatic heterocycles. The number of sulfonamides is 1. The first-order valence-corrected chi connectivity index (χ1v) is 12.1. The molecule has 1 aliphatic rings. The molecule has 0 saturated heterocycles. The highest BCUT2D eigenvalue weighted by atomic mass is 32.2. The van der Waals surface area contributed by atoms with Crippen molar-refractivity contribution in [2.45, 2.75) is 30.8 Å². The number of hydrogen-bond acceptors (Lipinski definition) is 8. The molecule has 1 atom stereocenters. The van der Waals surface area contributed by atoms with Crippen LogP contribution >= 0.6 is 0 Å². The largest absolute Gasteiger partial charge is 0.497 e. The van der Waals surface area contributed by atoms with E-state index in [0.717, 1.165) is 11.1 Å². The number of nitrogens with two attached hydrogens (primary N) is 1. The number of anilines is 1. The van der Waals surface area contributed by atoms with E-state index in [0.29, 0.717) is 23.6 Å². The molecule has 0 aliphatic carbocycles. The van der Waals surface area contributed by atoms with Crippen molar-refractivity contribution < 1.29 is 32.2 Å². The van der Waals surface area contributed by atoms with Crippen LogP contribution < -0.4 is 19.5 Å². The fourth-order valence-electron chi connectivity index (χ4n) is 4.06. The van der Waals surface area contributed by atoms with Gasteiger partial charge >= 0.3 is 5.97 Å². The van der Waals surface area contributed by atoms with Crippen LogP contribution in [0, 0.1) is 0 Å². The summed E-state index contributed by atoms with van der Waals surface area (Å²) in [6, 6.07) is 9.64. The van der Waals surface area contributed by atoms with E-state index in [2.05, 4.69) is 0 Å². The van der Waals surface area contributed by atoms with Gasteiger partial charge in [0.25, 0.3) is 0 Å². The minimum atomic E-state index is -3.84. The minimum Gasteiger partial charge on any atom is -0.497 e. The summed E-state index contributed by atoms with van der Waals surface area (Å²) in [5.41, 5.74) is 2.15. The van der Waals surface area contributed by atoms with Crippen LogP contribution in [0.25, 0.3) is 0 Å². The van der Waals surface area contributed by atoms with Gasteiger partial charge in [0, 0.05) is 24.3 Å². The third kappa shape index (κ3) is 5.85. The number of benzene rings is 2. The summed E-state index contributed by atoms with van der Waals surface area (Å²) in [4.78, 5) is 28.7. The van der Waals surface area contributed by atoms with E-state index in [4.69, 9.17) is 19.3 Å². The van der Waals surface area contributed by atoms with Crippen LogP contribution in [0.1, 0.15) is 18.1 Å². The standard InChI is InChI=1S/C23H29N3O7S/c1-15-7-17-10-20(34(24,29)30)5-6-21(17)26(15)22(27)13-25(14-23(28)33-4)12-16-8-18(31-2)11-19(9-16)32-3/h5-6,8-11,15H,7,12-14H2,1-4H3,(H2,24,29,30). The summed E-state index contributed by atoms with van der Waals surface area (Å²) >= 11 is 0. The Morgan fingerprint density at radius 2 is 1.71 bits per heavy atom. The third-order valence-corrected chi connectivity index (χ3v) is 6.53. The van der Waals surface area contributed by atoms with Crippen molar-refractivity contribution in [3.63, 3.8) is 0 Å². The predicted octanol–water partition coefficient (Wildman–Crippen LogP) is 1.30. The molecule has 1 amide bonds. The van der Waals surface area contributed by atoms with Gasteiger partial charge in [-0.25, -0.2) is 13.6 Å². The molecular formula is C23H29N3O7S. The van der Waals surface area contributed by atoms with E-state index < -0.39 is 16.0 Å². The molecule has 2 aromatic rings. The lowest BCUT2D eigenvalue weighted by Crippen LogP contribution is -2.44. The summed E-state index contributed by atoms with van der Waals surface area (Å²) in [5, 5.41) is 5.24. The number of esters is 1. The van der Waals surface area contributed by atoms with Crippen LogP contribution in [-0.4, -0.2) is 65.7 Å². The van der Waals surface area contributed by atoms with Crippen LogP contribution in [0.4, 0.5) is 5.69 Å². The zero-order valence-electron chi connectivity index (χ0n) is 19.6. The lowest BCUT2D eigenvalue weighted by molar-refractivity contribution is -0.142. The molecule has 1 unspecified atom stereocenters. The maximum Gasteiger partial charge on any atom is 0.319 e. The van der Waals surface area contributed by atoms with Gasteiger partial charge in [-0.1, -0.05) is 0 Å². The fraction of sp³-hybridized carbons (Fsp3) is 0.391. The SMILES string of the molecule is COC(=O)CN(CC(=O)N1c2ccc(S(N)(=O)=O)cc2CC1C)Cc1cc(OC)cc(OC)c1. The topological polar surface area (TPSA) is 128 Å². The summed E-state index contributed by atoms with van der Waals surface area (Å²) in [6.45, 7) is 2.00. The molecule has 0 saturated carbocycles. The second kappa shape index (κ2) is 10.4. The molecule has 10 nitrogen and oxygen atoms in total. The molecule has 11 heteroatoms. The highest BCUT2D eigenvalue weighted by molar-refractivity contribution is 7.89. The molecule has 184 valence electrons. The lowest BCUT2D eigenvalue weighted by Gasteiger charge is -2.27. The van der Waals surface area contributed by atoms with E-state index >= 15 is 0 Å². The molecule has 0 radical (unpaired) electrons. The Labute approximate surface area is 199 Å². The second-order valence-electron chi connectivity index (χ2n) is 8.09. The van der Waals surface area contributed by atoms with Gasteiger partial charge in [0.15, 0.2) is 0 Å². The van der Waals surface area contributed by atoms with Crippen molar-refractivity contribution in [3.8, 4) is 11.5 Å². The van der Waals surface area contributed by atoms with E-state index in [1.54, 1.807) is 48.3 Å². The Bertz CT molecular complexity index is 1160. The average Bonchev–Trinajstić information content (AvgIpc) is 3.12. The van der Waals surface area contributed by atoms with Gasteiger partial charge in [-0.15, -0.1) is 0 Å². The lowest BCUT2D eigenvalue weighted by atomic mass is 10.1. The van der Waals surface area contributed by atoms with E-state index in [1.807, 2.05) is 6.92 Å². The van der Waals surface area contributed by atoms with Crippen LogP contribution in [0.5, 0.6) is 11.5 Å². The minimum absolute atomic E-state index is 0.00652. The third-order valence-electron chi connectivity index (χ3n) is 5.62. The second-order valence-corrected chi connectivity index (χ2v) is 9.66. The van der Waals surface area contributed by atoms with E-state index in [1.165, 1.54) is 19.2 Å². The fourth-order valence-corrected chi connectivity index (χ4v) is 4.63. The Kier molecular flexibility index (Phi) is 7.80. The maximum absolute atomic E-state index is 13.4. The zero-order chi connectivity index (χ0) is 25.0. The maximum atomic E-state index is 13.4. The highest BCUT2D eigenvalue weighted by Gasteiger charge is 2.33. The van der Waals surface area contributed by atoms with Gasteiger partial charge < -0.3 is 19.1 Å². The Balaban J connectivity index is 1.85. The van der Waals surface area contributed by atoms with Crippen molar-refractivity contribution in [2.24, 2.45) is 5.14 Å². The first-order valence-electron chi connectivity index (χ1n) is 10.5. The van der Waals surface area contributed by atoms with Gasteiger partial charge in [-0.3, -0.25) is 14.5 Å². The van der Waals surface area contributed by atoms with Gasteiger partial charge in [-0.05, 0) is 54.8 Å². The number of carbonyl (C=O) groups excluding carboxylic acids is 2. The smallest absolute Gasteiger partial charge is 0.319 e. The number of nitrogens with zero attached hydrogens (tertiary/aromatic N) is 2. The van der Waals surface area contributed by atoms with Gasteiger partial charge in [-0.2, -0.15) is 0 Å². The number of ether oxygens (including phenoxy) is 3. The number of rotatable bonds is 9. The molecule has 0 spiro atoms. The molecule has 34 heavy (non-hydrogen) atoms. The monoisotopic (exact) mass is 491 g/mol. The summed E-state index contributed by atoms with van der Waals surface area (Å²) in [5.74, 6) is 0.474. The zero-order valence-corrected chi connectivity index (χ0v) is 20.4. The number of methoxy groups -OCH3 is 3. The quantitative estimate of drug-likeness (QED) is 0.520. The summed E-state index contributed by atoms with van der Waals surface area (Å²) < 4.78 is 38.8. The normalized spacial score (nSPS) is 15.2. The van der Waals surface area contributed by atoms with Gasteiger partial charge in [0.2, 0.25) is 15.9 Å². The molecule has 1 heterocycles. The summed E-state index contributed by atoms with van der Waals surface area (Å²) in [6.07, 6.45) is 0.495. The Morgan fingerprint density at radius 3 is 2.26 bits per heavy atom. The first-order chi connectivity index (χ1) is 16.0. The molecule has 0 bridgehead atoms. The Morgan fingerprint density at radius 1 is 1.06 bits per heavy atom. The number of primary sulfonamides is 1. The molecular weight excluding hydrogens is 462 g/mol. The van der Waals surface area contributed by atoms with Crippen molar-refractivity contribution >= 4 is 27.6 Å². The van der Waals surface area contributed by atoms with E-state index in [-0.39, 0.29) is 36.5 Å². The van der Waals surface area contributed by atoms with Crippen molar-refractivity contribution in [1.82, 2.24) is 4.90 Å². The van der Waals surface area contributed by atoms with Crippen LogP contribution in [0.2, 0.25) is 0 Å². The predicted molar refractivity (Wildman–Crippen MR) is 125 cm³/mol. The van der Waals surface area contributed by atoms with Gasteiger partial charge in [0.1, 0.15) is 11.5 Å². The van der Waals surface area contributed by atoms with E-state index in [9.17, 15) is 18.0 Å². The van der Waals surface area contributed by atoms with Crippen molar-refractivity contribution in [2.75, 3.05) is 39.3 Å². The highest BCUT2D eigenvalue weighted by Crippen LogP contribution is 2.34. The molecule has 3 rings (SSSR count). The molecule has 2 N–H and O–H groups in total. The van der Waals surface area contributed by atoms with Crippen molar-refractivity contribution in [3.05, 3.63) is 47.5 Å². The summed E-state index contributed by atoms with van der Waals surface area (Å²) in [7, 11) is 0.533. The van der Waals surface area contributed by atoms with Crippen LogP contribution in [0.3, 0.4) is 0 Å². The van der Waals surface area contributed by atoms with Gasteiger partial charge in [0.05, 0.1) is 39.3 Å². The molecule has 0 aromatic heterocycles. The molecule has 2 aromatic carbocycles. The number of fused-ring (bicyclic) bond motifs is 1. The van der Waals surface area contributed by atoms with Crippen LogP contribution in [-0.2, 0) is 37.3 Å². The van der Waals surface area contributed by atoms with Crippen LogP contribution in [0.15, 0.2) is 41.3 Å². The number of amides is 1. The Hall–Kier alpha value is -3.15. The first kappa shape index (κ1) is 25.5. The average molecular weight is 492 g/mol. The number of carbonyl (C=O) groups is 2.